The van der Waals surface area contributed by atoms with Gasteiger partial charge in [-0.1, -0.05) is 11.6 Å². The van der Waals surface area contributed by atoms with Crippen LogP contribution in [0.2, 0.25) is 0 Å². The minimum absolute atomic E-state index is 0.0584. The van der Waals surface area contributed by atoms with Gasteiger partial charge in [0.2, 0.25) is 6.79 Å². The lowest BCUT2D eigenvalue weighted by atomic mass is 9.89. The summed E-state index contributed by atoms with van der Waals surface area (Å²) in [5.74, 6) is -1.25. The van der Waals surface area contributed by atoms with Crippen LogP contribution < -0.4 is 0 Å². The Morgan fingerprint density at radius 1 is 0.806 bits per heavy atom. The third kappa shape index (κ3) is 15.7. The van der Waals surface area contributed by atoms with Crippen LogP contribution in [0.3, 0.4) is 0 Å². The second-order valence-electron chi connectivity index (χ2n) is 11.7. The Morgan fingerprint density at radius 2 is 1.31 bits per heavy atom. The van der Waals surface area contributed by atoms with Gasteiger partial charge in [-0.25, -0.2) is 13.9 Å². The monoisotopic (exact) mass is 559 g/mol. The van der Waals surface area contributed by atoms with Crippen LogP contribution in [-0.4, -0.2) is 65.7 Å². The number of hydrogen-bond acceptors (Lipinski definition) is 10. The molecule has 0 aliphatic carbocycles. The van der Waals surface area contributed by atoms with Crippen molar-refractivity contribution in [2.45, 2.75) is 99.4 Å². The number of phosphoric acid groups is 1. The summed E-state index contributed by atoms with van der Waals surface area (Å²) in [6.07, 6.45) is -0.833. The molecule has 0 N–H and O–H groups in total. The highest BCUT2D eigenvalue weighted by atomic mass is 35.5. The first-order chi connectivity index (χ1) is 16.0. The van der Waals surface area contributed by atoms with Crippen LogP contribution in [0.15, 0.2) is 0 Å². The van der Waals surface area contributed by atoms with Crippen molar-refractivity contribution in [3.8, 4) is 0 Å². The zero-order valence-electron chi connectivity index (χ0n) is 23.4. The molecule has 0 fully saturated rings. The van der Waals surface area contributed by atoms with E-state index in [1.54, 1.807) is 76.2 Å². The molecule has 0 saturated carbocycles. The van der Waals surface area contributed by atoms with Gasteiger partial charge >= 0.3 is 25.9 Å². The summed E-state index contributed by atoms with van der Waals surface area (Å²) < 4.78 is 44.6. The van der Waals surface area contributed by atoms with Crippen molar-refractivity contribution in [1.82, 2.24) is 4.90 Å². The van der Waals surface area contributed by atoms with E-state index < -0.39 is 61.4 Å². The Hall–Kier alpha value is -1.39. The van der Waals surface area contributed by atoms with E-state index >= 15 is 0 Å². The molecule has 0 spiro atoms. The maximum atomic E-state index is 13.1. The summed E-state index contributed by atoms with van der Waals surface area (Å²) in [5, 5.41) is 0. The summed E-state index contributed by atoms with van der Waals surface area (Å²) in [6.45, 7) is 17.0. The first-order valence-electron chi connectivity index (χ1n) is 11.5. The summed E-state index contributed by atoms with van der Waals surface area (Å²) in [4.78, 5) is 38.4. The normalized spacial score (nSPS) is 13.2. The molecule has 0 radical (unpaired) electrons. The minimum Gasteiger partial charge on any atom is -0.459 e. The van der Waals surface area contributed by atoms with Crippen molar-refractivity contribution in [3.05, 3.63) is 0 Å². The van der Waals surface area contributed by atoms with Crippen LogP contribution in [0.4, 0.5) is 4.79 Å². The number of rotatable bonds is 12. The molecule has 0 bridgehead atoms. The van der Waals surface area contributed by atoms with Gasteiger partial charge < -0.3 is 14.2 Å². The fraction of sp³-hybridized carbons (Fsp3) is 0.870. The van der Waals surface area contributed by atoms with Gasteiger partial charge in [0.05, 0.1) is 16.6 Å². The SMILES string of the molecule is CC(C)(C)OC(=O)CN(CCC(C)(C)C(=O)OCCl)C(=O)OCOP(=O)(OC(C)(C)C)OC(C)(C)C. The molecule has 0 aliphatic rings. The first-order valence-corrected chi connectivity index (χ1v) is 13.5. The number of esters is 2. The predicted molar refractivity (Wildman–Crippen MR) is 134 cm³/mol. The Kier molecular flexibility index (Phi) is 12.9. The quantitative estimate of drug-likeness (QED) is 0.0974. The smallest absolute Gasteiger partial charge is 0.459 e. The topological polar surface area (TPSA) is 127 Å². The molecule has 1 amide bonds. The number of amides is 1. The molecule has 0 rings (SSSR count). The van der Waals surface area contributed by atoms with Gasteiger partial charge in [0.15, 0.2) is 6.07 Å². The van der Waals surface area contributed by atoms with E-state index in [2.05, 4.69) is 0 Å². The highest BCUT2D eigenvalue weighted by molar-refractivity contribution is 7.48. The summed E-state index contributed by atoms with van der Waals surface area (Å²) in [6, 6.07) is -0.309. The number of halogens is 1. The largest absolute Gasteiger partial charge is 0.478 e. The van der Waals surface area contributed by atoms with Gasteiger partial charge in [-0.3, -0.25) is 23.5 Å². The van der Waals surface area contributed by atoms with E-state index in [0.29, 0.717) is 0 Å². The summed E-state index contributed by atoms with van der Waals surface area (Å²) in [7, 11) is -4.13. The number of nitrogens with zero attached hydrogens (tertiary/aromatic N) is 1. The molecule has 13 heteroatoms. The van der Waals surface area contributed by atoms with Crippen molar-refractivity contribution in [2.24, 2.45) is 5.41 Å². The van der Waals surface area contributed by atoms with Crippen molar-refractivity contribution < 1.29 is 46.7 Å². The standard InChI is InChI=1S/C23H43ClNO10P/c1-20(2,3)33-17(26)14-25(13-12-23(10,11)18(27)30-15-24)19(28)31-16-32-36(29,34-21(4,5)6)35-22(7,8)9/h12-16H2,1-11H3. The van der Waals surface area contributed by atoms with Crippen LogP contribution >= 0.6 is 19.4 Å². The minimum atomic E-state index is -4.13. The third-order valence-corrected chi connectivity index (χ3v) is 5.98. The fourth-order valence-electron chi connectivity index (χ4n) is 2.50. The van der Waals surface area contributed by atoms with Crippen molar-refractivity contribution in [1.29, 1.82) is 0 Å². The van der Waals surface area contributed by atoms with E-state index in [4.69, 9.17) is 39.4 Å². The number of phosphoric ester groups is 1. The fourth-order valence-corrected chi connectivity index (χ4v) is 4.27. The van der Waals surface area contributed by atoms with Crippen LogP contribution in [-0.2, 0) is 41.9 Å². The molecule has 0 heterocycles. The Bertz CT molecular complexity index is 776. The summed E-state index contributed by atoms with van der Waals surface area (Å²) in [5.41, 5.74) is -3.54. The van der Waals surface area contributed by atoms with Crippen LogP contribution in [0.1, 0.15) is 82.6 Å². The zero-order valence-corrected chi connectivity index (χ0v) is 25.0. The average molecular weight is 560 g/mol. The lowest BCUT2D eigenvalue weighted by Crippen LogP contribution is -2.42. The maximum Gasteiger partial charge on any atom is 0.478 e. The van der Waals surface area contributed by atoms with Gasteiger partial charge in [0, 0.05) is 6.54 Å². The highest BCUT2D eigenvalue weighted by Crippen LogP contribution is 2.55. The zero-order chi connectivity index (χ0) is 28.6. The van der Waals surface area contributed by atoms with Gasteiger partial charge in [0.25, 0.3) is 0 Å². The van der Waals surface area contributed by atoms with E-state index in [-0.39, 0.29) is 19.0 Å². The lowest BCUT2D eigenvalue weighted by molar-refractivity contribution is -0.156. The second-order valence-corrected chi connectivity index (χ2v) is 13.4. The summed E-state index contributed by atoms with van der Waals surface area (Å²) >= 11 is 5.47. The van der Waals surface area contributed by atoms with Gasteiger partial charge in [0.1, 0.15) is 12.1 Å². The van der Waals surface area contributed by atoms with Gasteiger partial charge in [-0.15, -0.1) is 0 Å². The molecule has 0 aliphatic heterocycles. The molecule has 11 nitrogen and oxygen atoms in total. The van der Waals surface area contributed by atoms with Crippen LogP contribution in [0.25, 0.3) is 0 Å². The molecule has 0 atom stereocenters. The van der Waals surface area contributed by atoms with E-state index in [9.17, 15) is 18.9 Å². The number of carbonyl (C=O) groups is 3. The molecular weight excluding hydrogens is 517 g/mol. The first kappa shape index (κ1) is 34.6. The molecular formula is C23H43ClNO10P. The predicted octanol–water partition coefficient (Wildman–Crippen LogP) is 5.63. The molecule has 0 aromatic heterocycles. The second kappa shape index (κ2) is 13.4. The van der Waals surface area contributed by atoms with Crippen molar-refractivity contribution >= 4 is 37.5 Å². The molecule has 212 valence electrons. The van der Waals surface area contributed by atoms with Crippen LogP contribution in [0, 0.1) is 5.41 Å². The maximum absolute atomic E-state index is 13.1. The number of hydrogen-bond donors (Lipinski definition) is 0. The Balaban J connectivity index is 5.48. The van der Waals surface area contributed by atoms with E-state index in [0.717, 1.165) is 4.90 Å². The van der Waals surface area contributed by atoms with E-state index in [1.807, 2.05) is 0 Å². The van der Waals surface area contributed by atoms with Gasteiger partial charge in [-0.05, 0) is 82.6 Å². The highest BCUT2D eigenvalue weighted by Gasteiger charge is 2.38. The molecule has 0 unspecified atom stereocenters. The Labute approximate surface area is 220 Å². The molecule has 0 aromatic carbocycles. The molecule has 0 aromatic rings. The van der Waals surface area contributed by atoms with Crippen molar-refractivity contribution in [2.75, 3.05) is 25.9 Å². The Morgan fingerprint density at radius 3 is 1.72 bits per heavy atom. The molecule has 0 saturated heterocycles. The van der Waals surface area contributed by atoms with Crippen LogP contribution in [0.5, 0.6) is 0 Å². The van der Waals surface area contributed by atoms with Crippen molar-refractivity contribution in [3.63, 3.8) is 0 Å². The number of carbonyl (C=O) groups excluding carboxylic acids is 3. The number of alkyl halides is 1. The number of ether oxygens (including phenoxy) is 3. The average Bonchev–Trinajstić information content (AvgIpc) is 2.60. The van der Waals surface area contributed by atoms with Gasteiger partial charge in [-0.2, -0.15) is 0 Å². The lowest BCUT2D eigenvalue weighted by Gasteiger charge is -2.31. The van der Waals surface area contributed by atoms with E-state index in [1.165, 1.54) is 0 Å². The molecule has 36 heavy (non-hydrogen) atoms. The third-order valence-electron chi connectivity index (χ3n) is 3.91.